The van der Waals surface area contributed by atoms with Gasteiger partial charge in [0.15, 0.2) is 0 Å². The van der Waals surface area contributed by atoms with Crippen LogP contribution in [0.5, 0.6) is 5.75 Å². The van der Waals surface area contributed by atoms with Crippen molar-refractivity contribution in [3.63, 3.8) is 0 Å². The lowest BCUT2D eigenvalue weighted by molar-refractivity contribution is 0.211. The number of carbonyl (C=O) groups excluding carboxylic acids is 1. The molecule has 1 rings (SSSR count). The minimum atomic E-state index is -0.781. The summed E-state index contributed by atoms with van der Waals surface area (Å²) in [5, 5.41) is 3.43. The molecule has 1 amide bonds. The van der Waals surface area contributed by atoms with E-state index in [2.05, 4.69) is 26.1 Å². The predicted octanol–water partition coefficient (Wildman–Crippen LogP) is 2.71. The zero-order chi connectivity index (χ0) is 14.3. The van der Waals surface area contributed by atoms with Gasteiger partial charge in [-0.2, -0.15) is 0 Å². The number of nitrogens with two attached hydrogens (primary N) is 1. The van der Waals surface area contributed by atoms with Crippen molar-refractivity contribution >= 4 is 6.09 Å². The average Bonchev–Trinajstić information content (AvgIpc) is 2.28. The van der Waals surface area contributed by atoms with Crippen LogP contribution in [0.4, 0.5) is 4.79 Å². The molecule has 0 heterocycles. The van der Waals surface area contributed by atoms with Crippen LogP contribution < -0.4 is 15.8 Å². The van der Waals surface area contributed by atoms with Crippen molar-refractivity contribution in [1.82, 2.24) is 5.32 Å². The van der Waals surface area contributed by atoms with Gasteiger partial charge in [0.05, 0.1) is 0 Å². The molecular weight excluding hydrogens is 240 g/mol. The fraction of sp³-hybridized carbons (Fsp3) is 0.533. The van der Waals surface area contributed by atoms with E-state index in [1.54, 1.807) is 12.1 Å². The van der Waals surface area contributed by atoms with Gasteiger partial charge < -0.3 is 15.8 Å². The van der Waals surface area contributed by atoms with Gasteiger partial charge in [-0.05, 0) is 49.0 Å². The van der Waals surface area contributed by atoms with E-state index in [0.29, 0.717) is 11.2 Å². The van der Waals surface area contributed by atoms with Crippen LogP contribution in [0.15, 0.2) is 24.3 Å². The summed E-state index contributed by atoms with van der Waals surface area (Å²) in [6, 6.07) is 7.41. The van der Waals surface area contributed by atoms with Gasteiger partial charge in [0.1, 0.15) is 5.75 Å². The number of carbonyl (C=O) groups is 1. The third-order valence-electron chi connectivity index (χ3n) is 2.78. The number of ether oxygens (including phenoxy) is 1. The smallest absolute Gasteiger partial charge is 0.409 e. The molecule has 0 radical (unpaired) electrons. The van der Waals surface area contributed by atoms with Crippen molar-refractivity contribution < 1.29 is 9.53 Å². The SMILES string of the molecule is CC(C)(C)CCNCCc1ccc(OC(N)=O)cc1. The maximum atomic E-state index is 10.6. The average molecular weight is 264 g/mol. The first kappa shape index (κ1) is 15.5. The maximum absolute atomic E-state index is 10.6. The van der Waals surface area contributed by atoms with Gasteiger partial charge in [0.25, 0.3) is 0 Å². The Bertz CT molecular complexity index is 394. The standard InChI is InChI=1S/C15H24N2O2/c1-15(2,3)9-11-17-10-8-12-4-6-13(7-5-12)19-14(16)18/h4-7,17H,8-11H2,1-3H3,(H2,16,18). The van der Waals surface area contributed by atoms with Crippen molar-refractivity contribution in [1.29, 1.82) is 0 Å². The monoisotopic (exact) mass is 264 g/mol. The van der Waals surface area contributed by atoms with E-state index in [4.69, 9.17) is 10.5 Å². The molecule has 0 saturated heterocycles. The van der Waals surface area contributed by atoms with Crippen LogP contribution in [-0.4, -0.2) is 19.2 Å². The normalized spacial score (nSPS) is 11.3. The second-order valence-electron chi connectivity index (χ2n) is 5.88. The molecule has 0 unspecified atom stereocenters. The van der Waals surface area contributed by atoms with Gasteiger partial charge >= 0.3 is 6.09 Å². The van der Waals surface area contributed by atoms with Gasteiger partial charge in [-0.25, -0.2) is 4.79 Å². The summed E-state index contributed by atoms with van der Waals surface area (Å²) in [4.78, 5) is 10.6. The van der Waals surface area contributed by atoms with Gasteiger partial charge in [-0.3, -0.25) is 0 Å². The van der Waals surface area contributed by atoms with E-state index in [-0.39, 0.29) is 0 Å². The molecule has 0 saturated carbocycles. The topological polar surface area (TPSA) is 64.3 Å². The van der Waals surface area contributed by atoms with Crippen molar-refractivity contribution in [2.24, 2.45) is 11.1 Å². The summed E-state index contributed by atoms with van der Waals surface area (Å²) in [5.41, 5.74) is 6.52. The summed E-state index contributed by atoms with van der Waals surface area (Å²) in [6.07, 6.45) is 1.34. The Labute approximate surface area is 115 Å². The van der Waals surface area contributed by atoms with Crippen molar-refractivity contribution in [2.45, 2.75) is 33.6 Å². The number of hydrogen-bond donors (Lipinski definition) is 2. The lowest BCUT2D eigenvalue weighted by atomic mass is 9.92. The van der Waals surface area contributed by atoms with Crippen LogP contribution in [-0.2, 0) is 6.42 Å². The van der Waals surface area contributed by atoms with Crippen LogP contribution in [0, 0.1) is 5.41 Å². The van der Waals surface area contributed by atoms with Gasteiger partial charge in [-0.1, -0.05) is 32.9 Å². The maximum Gasteiger partial charge on any atom is 0.409 e. The molecule has 106 valence electrons. The minimum absolute atomic E-state index is 0.376. The number of primary amides is 1. The first-order chi connectivity index (χ1) is 8.87. The zero-order valence-corrected chi connectivity index (χ0v) is 12.0. The number of amides is 1. The third-order valence-corrected chi connectivity index (χ3v) is 2.78. The lowest BCUT2D eigenvalue weighted by Gasteiger charge is -2.18. The van der Waals surface area contributed by atoms with Gasteiger partial charge in [-0.15, -0.1) is 0 Å². The predicted molar refractivity (Wildman–Crippen MR) is 77.3 cm³/mol. The zero-order valence-electron chi connectivity index (χ0n) is 12.0. The second-order valence-corrected chi connectivity index (χ2v) is 5.88. The Morgan fingerprint density at radius 2 is 1.84 bits per heavy atom. The number of hydrogen-bond acceptors (Lipinski definition) is 3. The molecular formula is C15H24N2O2. The Hall–Kier alpha value is -1.55. The minimum Gasteiger partial charge on any atom is -0.411 e. The largest absolute Gasteiger partial charge is 0.411 e. The lowest BCUT2D eigenvalue weighted by Crippen LogP contribution is -2.22. The quantitative estimate of drug-likeness (QED) is 0.776. The van der Waals surface area contributed by atoms with Crippen LogP contribution in [0.1, 0.15) is 32.8 Å². The van der Waals surface area contributed by atoms with Crippen LogP contribution >= 0.6 is 0 Å². The molecule has 3 N–H and O–H groups in total. The van der Waals surface area contributed by atoms with E-state index in [1.165, 1.54) is 12.0 Å². The van der Waals surface area contributed by atoms with Crippen LogP contribution in [0.2, 0.25) is 0 Å². The molecule has 0 bridgehead atoms. The summed E-state index contributed by atoms with van der Waals surface area (Å²) >= 11 is 0. The Kier molecular flexibility index (Phi) is 5.83. The summed E-state index contributed by atoms with van der Waals surface area (Å²) in [7, 11) is 0. The molecule has 0 aliphatic heterocycles. The van der Waals surface area contributed by atoms with Crippen LogP contribution in [0.25, 0.3) is 0 Å². The highest BCUT2D eigenvalue weighted by atomic mass is 16.5. The number of nitrogens with one attached hydrogen (secondary N) is 1. The highest BCUT2D eigenvalue weighted by molar-refractivity contribution is 5.67. The molecule has 1 aromatic rings. The first-order valence-corrected chi connectivity index (χ1v) is 6.64. The van der Waals surface area contributed by atoms with Crippen molar-refractivity contribution in [3.8, 4) is 5.75 Å². The third kappa shape index (κ3) is 7.47. The van der Waals surface area contributed by atoms with E-state index < -0.39 is 6.09 Å². The molecule has 0 fully saturated rings. The first-order valence-electron chi connectivity index (χ1n) is 6.64. The van der Waals surface area contributed by atoms with Crippen molar-refractivity contribution in [2.75, 3.05) is 13.1 Å². The number of rotatable bonds is 6. The molecule has 19 heavy (non-hydrogen) atoms. The highest BCUT2D eigenvalue weighted by Gasteiger charge is 2.08. The molecule has 0 aliphatic carbocycles. The Balaban J connectivity index is 2.25. The fourth-order valence-corrected chi connectivity index (χ4v) is 1.66. The molecule has 0 aromatic heterocycles. The summed E-state index contributed by atoms with van der Waals surface area (Å²) in [6.45, 7) is 8.71. The van der Waals surface area contributed by atoms with Crippen LogP contribution in [0.3, 0.4) is 0 Å². The van der Waals surface area contributed by atoms with E-state index in [9.17, 15) is 4.79 Å². The molecule has 4 nitrogen and oxygen atoms in total. The van der Waals surface area contributed by atoms with E-state index >= 15 is 0 Å². The molecule has 4 heteroatoms. The molecule has 1 aromatic carbocycles. The summed E-state index contributed by atoms with van der Waals surface area (Å²) < 4.78 is 4.77. The fourth-order valence-electron chi connectivity index (χ4n) is 1.66. The van der Waals surface area contributed by atoms with E-state index in [1.807, 2.05) is 12.1 Å². The molecule has 0 atom stereocenters. The Morgan fingerprint density at radius 3 is 2.37 bits per heavy atom. The molecule has 0 spiro atoms. The second kappa shape index (κ2) is 7.14. The van der Waals surface area contributed by atoms with Crippen molar-refractivity contribution in [3.05, 3.63) is 29.8 Å². The summed E-state index contributed by atoms with van der Waals surface area (Å²) in [5.74, 6) is 0.483. The highest BCUT2D eigenvalue weighted by Crippen LogP contribution is 2.17. The van der Waals surface area contributed by atoms with Gasteiger partial charge in [0, 0.05) is 0 Å². The Morgan fingerprint density at radius 1 is 1.21 bits per heavy atom. The molecule has 0 aliphatic rings. The van der Waals surface area contributed by atoms with E-state index in [0.717, 1.165) is 19.5 Å². The van der Waals surface area contributed by atoms with Gasteiger partial charge in [0.2, 0.25) is 0 Å². The number of benzene rings is 1.